The molecule has 0 radical (unpaired) electrons. The first kappa shape index (κ1) is 11.5. The minimum Gasteiger partial charge on any atom is -0.376 e. The highest BCUT2D eigenvalue weighted by atomic mass is 16.5. The second-order valence-corrected chi connectivity index (χ2v) is 4.60. The molecule has 0 spiro atoms. The minimum absolute atomic E-state index is 0.326. The van der Waals surface area contributed by atoms with E-state index in [0.29, 0.717) is 12.1 Å². The van der Waals surface area contributed by atoms with Gasteiger partial charge in [-0.05, 0) is 12.8 Å². The second-order valence-electron chi connectivity index (χ2n) is 4.60. The summed E-state index contributed by atoms with van der Waals surface area (Å²) >= 11 is 0. The van der Waals surface area contributed by atoms with E-state index in [1.165, 1.54) is 6.42 Å². The Labute approximate surface area is 96.2 Å². The number of hydrogen-bond acceptors (Lipinski definition) is 4. The molecule has 1 aromatic heterocycles. The zero-order chi connectivity index (χ0) is 11.4. The van der Waals surface area contributed by atoms with Crippen molar-refractivity contribution in [1.82, 2.24) is 20.3 Å². The molecular weight excluding hydrogens is 204 g/mol. The van der Waals surface area contributed by atoms with Crippen LogP contribution in [0.3, 0.4) is 0 Å². The van der Waals surface area contributed by atoms with Crippen molar-refractivity contribution in [3.63, 3.8) is 0 Å². The van der Waals surface area contributed by atoms with Gasteiger partial charge in [0.1, 0.15) is 0 Å². The minimum atomic E-state index is 0.326. The molecule has 0 amide bonds. The lowest BCUT2D eigenvalue weighted by atomic mass is 10.2. The van der Waals surface area contributed by atoms with Gasteiger partial charge in [-0.3, -0.25) is 0 Å². The summed E-state index contributed by atoms with van der Waals surface area (Å²) < 4.78 is 7.44. The Morgan fingerprint density at radius 2 is 2.50 bits per heavy atom. The van der Waals surface area contributed by atoms with Crippen LogP contribution in [0, 0.1) is 0 Å². The standard InChI is InChI=1S/C11H20N4O/c1-9(2)12-6-10-7-15(14-13-10)8-11-4-3-5-16-11/h7,9,11-12H,3-6,8H2,1-2H3. The van der Waals surface area contributed by atoms with E-state index in [9.17, 15) is 0 Å². The van der Waals surface area contributed by atoms with Gasteiger partial charge in [-0.2, -0.15) is 0 Å². The summed E-state index contributed by atoms with van der Waals surface area (Å²) in [5.74, 6) is 0. The van der Waals surface area contributed by atoms with Crippen molar-refractivity contribution in [3.05, 3.63) is 11.9 Å². The van der Waals surface area contributed by atoms with Gasteiger partial charge in [0.2, 0.25) is 0 Å². The van der Waals surface area contributed by atoms with Crippen LogP contribution in [0.2, 0.25) is 0 Å². The van der Waals surface area contributed by atoms with Crippen LogP contribution >= 0.6 is 0 Å². The summed E-state index contributed by atoms with van der Waals surface area (Å²) in [4.78, 5) is 0. The number of rotatable bonds is 5. The molecule has 1 fully saturated rings. The van der Waals surface area contributed by atoms with Gasteiger partial charge < -0.3 is 10.1 Å². The highest BCUT2D eigenvalue weighted by Gasteiger charge is 2.16. The van der Waals surface area contributed by atoms with Gasteiger partial charge in [0.25, 0.3) is 0 Å². The van der Waals surface area contributed by atoms with Gasteiger partial charge in [0, 0.05) is 25.4 Å². The van der Waals surface area contributed by atoms with Crippen molar-refractivity contribution < 1.29 is 4.74 Å². The van der Waals surface area contributed by atoms with Crippen LogP contribution in [0.25, 0.3) is 0 Å². The number of nitrogens with zero attached hydrogens (tertiary/aromatic N) is 3. The average Bonchev–Trinajstić information content (AvgIpc) is 2.87. The number of ether oxygens (including phenoxy) is 1. The lowest BCUT2D eigenvalue weighted by molar-refractivity contribution is 0.0935. The zero-order valence-corrected chi connectivity index (χ0v) is 10.0. The first-order chi connectivity index (χ1) is 7.74. The molecule has 1 unspecified atom stereocenters. The Bertz CT molecular complexity index is 318. The molecule has 1 aliphatic rings. The molecule has 1 saturated heterocycles. The van der Waals surface area contributed by atoms with E-state index in [1.54, 1.807) is 0 Å². The predicted octanol–water partition coefficient (Wildman–Crippen LogP) is 0.955. The summed E-state index contributed by atoms with van der Waals surface area (Å²) in [6, 6.07) is 0.475. The Kier molecular flexibility index (Phi) is 3.90. The van der Waals surface area contributed by atoms with Crippen molar-refractivity contribution >= 4 is 0 Å². The first-order valence-corrected chi connectivity index (χ1v) is 5.98. The quantitative estimate of drug-likeness (QED) is 0.809. The van der Waals surface area contributed by atoms with Gasteiger partial charge in [-0.25, -0.2) is 4.68 Å². The SMILES string of the molecule is CC(C)NCc1cn(CC2CCCO2)nn1. The Hall–Kier alpha value is -0.940. The molecule has 1 aliphatic heterocycles. The molecule has 0 bridgehead atoms. The molecule has 16 heavy (non-hydrogen) atoms. The van der Waals surface area contributed by atoms with Gasteiger partial charge in [-0.1, -0.05) is 19.1 Å². The van der Waals surface area contributed by atoms with Crippen molar-refractivity contribution in [1.29, 1.82) is 0 Å². The molecule has 5 nitrogen and oxygen atoms in total. The summed E-state index contributed by atoms with van der Waals surface area (Å²) in [5, 5.41) is 11.6. The monoisotopic (exact) mass is 224 g/mol. The van der Waals surface area contributed by atoms with Crippen LogP contribution < -0.4 is 5.32 Å². The smallest absolute Gasteiger partial charge is 0.0964 e. The van der Waals surface area contributed by atoms with Crippen LogP contribution in [0.1, 0.15) is 32.4 Å². The summed E-state index contributed by atoms with van der Waals surface area (Å²) in [6.45, 7) is 6.74. The third kappa shape index (κ3) is 3.28. The molecule has 2 heterocycles. The zero-order valence-electron chi connectivity index (χ0n) is 10.0. The Morgan fingerprint density at radius 1 is 1.62 bits per heavy atom. The summed E-state index contributed by atoms with van der Waals surface area (Å²) in [5.41, 5.74) is 0.992. The van der Waals surface area contributed by atoms with E-state index in [4.69, 9.17) is 4.74 Å². The van der Waals surface area contributed by atoms with Gasteiger partial charge in [0.15, 0.2) is 0 Å². The van der Waals surface area contributed by atoms with E-state index < -0.39 is 0 Å². The fourth-order valence-electron chi connectivity index (χ4n) is 1.81. The third-order valence-electron chi connectivity index (χ3n) is 2.69. The molecular formula is C11H20N4O. The summed E-state index contributed by atoms with van der Waals surface area (Å²) in [6.07, 6.45) is 4.63. The van der Waals surface area contributed by atoms with Crippen LogP contribution in [0.5, 0.6) is 0 Å². The fourth-order valence-corrected chi connectivity index (χ4v) is 1.81. The van der Waals surface area contributed by atoms with E-state index in [1.807, 2.05) is 10.9 Å². The first-order valence-electron chi connectivity index (χ1n) is 5.98. The fraction of sp³-hybridized carbons (Fsp3) is 0.818. The van der Waals surface area contributed by atoms with Crippen LogP contribution in [-0.4, -0.2) is 33.7 Å². The van der Waals surface area contributed by atoms with Crippen LogP contribution in [0.4, 0.5) is 0 Å². The molecule has 2 rings (SSSR count). The van der Waals surface area contributed by atoms with E-state index in [0.717, 1.165) is 31.8 Å². The molecule has 1 N–H and O–H groups in total. The number of nitrogens with one attached hydrogen (secondary N) is 1. The van der Waals surface area contributed by atoms with Gasteiger partial charge in [-0.15, -0.1) is 5.10 Å². The number of hydrogen-bond donors (Lipinski definition) is 1. The molecule has 1 aromatic rings. The summed E-state index contributed by atoms with van der Waals surface area (Å²) in [7, 11) is 0. The number of aromatic nitrogens is 3. The third-order valence-corrected chi connectivity index (χ3v) is 2.69. The lowest BCUT2D eigenvalue weighted by Crippen LogP contribution is -2.22. The van der Waals surface area contributed by atoms with Crippen LogP contribution in [-0.2, 0) is 17.8 Å². The van der Waals surface area contributed by atoms with Crippen molar-refractivity contribution in [2.24, 2.45) is 0 Å². The van der Waals surface area contributed by atoms with Crippen molar-refractivity contribution in [2.45, 2.75) is 51.9 Å². The average molecular weight is 224 g/mol. The molecule has 0 aliphatic carbocycles. The topological polar surface area (TPSA) is 52.0 Å². The predicted molar refractivity (Wildman–Crippen MR) is 61.0 cm³/mol. The van der Waals surface area contributed by atoms with Crippen LogP contribution in [0.15, 0.2) is 6.20 Å². The van der Waals surface area contributed by atoms with Crippen molar-refractivity contribution in [3.8, 4) is 0 Å². The van der Waals surface area contributed by atoms with Gasteiger partial charge in [0.05, 0.1) is 18.3 Å². The van der Waals surface area contributed by atoms with Gasteiger partial charge >= 0.3 is 0 Å². The molecule has 0 aromatic carbocycles. The highest BCUT2D eigenvalue weighted by Crippen LogP contribution is 2.13. The van der Waals surface area contributed by atoms with Crippen molar-refractivity contribution in [2.75, 3.05) is 6.61 Å². The molecule has 0 saturated carbocycles. The largest absolute Gasteiger partial charge is 0.376 e. The van der Waals surface area contributed by atoms with E-state index >= 15 is 0 Å². The Balaban J connectivity index is 1.81. The lowest BCUT2D eigenvalue weighted by Gasteiger charge is -2.07. The highest BCUT2D eigenvalue weighted by molar-refractivity contribution is 4.92. The maximum Gasteiger partial charge on any atom is 0.0964 e. The molecule has 1 atom stereocenters. The van der Waals surface area contributed by atoms with E-state index in [2.05, 4.69) is 29.5 Å². The maximum absolute atomic E-state index is 5.56. The maximum atomic E-state index is 5.56. The van der Waals surface area contributed by atoms with E-state index in [-0.39, 0.29) is 0 Å². The second kappa shape index (κ2) is 5.41. The molecule has 5 heteroatoms. The molecule has 90 valence electrons. The Morgan fingerprint density at radius 3 is 3.19 bits per heavy atom. The normalized spacial score (nSPS) is 20.8.